The van der Waals surface area contributed by atoms with Gasteiger partial charge in [0.15, 0.2) is 23.8 Å². The lowest BCUT2D eigenvalue weighted by Crippen LogP contribution is -3.14. The molecule has 0 spiro atoms. The molecule has 0 saturated heterocycles. The number of thiophene rings is 1. The largest absolute Gasteiger partial charge is 0.454 e. The van der Waals surface area contributed by atoms with Crippen LogP contribution in [0.3, 0.4) is 0 Å². The Morgan fingerprint density at radius 2 is 2.04 bits per heavy atom. The maximum absolute atomic E-state index is 12.9. The van der Waals surface area contributed by atoms with Crippen molar-refractivity contribution in [1.82, 2.24) is 0 Å². The van der Waals surface area contributed by atoms with Crippen molar-refractivity contribution >= 4 is 28.7 Å². The van der Waals surface area contributed by atoms with Crippen LogP contribution in [0.5, 0.6) is 11.5 Å². The van der Waals surface area contributed by atoms with E-state index in [-0.39, 0.29) is 18.5 Å². The number of nitrogens with one attached hydrogen (secondary N) is 2. The molecule has 1 fully saturated rings. The Kier molecular flexibility index (Phi) is 4.36. The summed E-state index contributed by atoms with van der Waals surface area (Å²) in [6.45, 7) is 3.00. The highest BCUT2D eigenvalue weighted by atomic mass is 32.1. The normalized spacial score (nSPS) is 22.6. The smallest absolute Gasteiger partial charge is 0.279 e. The van der Waals surface area contributed by atoms with Crippen molar-refractivity contribution in [2.24, 2.45) is 5.92 Å². The molecule has 1 amide bonds. The Hall–Kier alpha value is -2.38. The minimum absolute atomic E-state index is 0.0688. The summed E-state index contributed by atoms with van der Waals surface area (Å²) in [6.07, 6.45) is 3.53. The van der Waals surface area contributed by atoms with Crippen LogP contribution in [-0.4, -0.2) is 31.6 Å². The molecule has 1 aromatic carbocycles. The quantitative estimate of drug-likeness (QED) is 0.757. The maximum Gasteiger partial charge on any atom is 0.279 e. The van der Waals surface area contributed by atoms with Gasteiger partial charge in [-0.1, -0.05) is 0 Å². The zero-order chi connectivity index (χ0) is 19.3. The zero-order valence-corrected chi connectivity index (χ0v) is 16.6. The van der Waals surface area contributed by atoms with E-state index in [1.54, 1.807) is 12.1 Å². The number of Topliss-reactive ketones (excluding diaryl/α,β-unsaturated/α-hetero) is 1. The highest BCUT2D eigenvalue weighted by molar-refractivity contribution is 7.10. The molecule has 7 heteroatoms. The Morgan fingerprint density at radius 1 is 1.25 bits per heavy atom. The maximum atomic E-state index is 12.9. The number of quaternary nitrogens is 1. The molecule has 1 aliphatic carbocycles. The van der Waals surface area contributed by atoms with Crippen molar-refractivity contribution in [3.05, 3.63) is 39.6 Å². The molecule has 3 aliphatic rings. The molecule has 2 aromatic rings. The van der Waals surface area contributed by atoms with Crippen molar-refractivity contribution in [1.29, 1.82) is 0 Å². The van der Waals surface area contributed by atoms with Crippen molar-refractivity contribution in [2.75, 3.05) is 25.2 Å². The Morgan fingerprint density at radius 3 is 2.79 bits per heavy atom. The fraction of sp³-hybridized carbons (Fsp3) is 0.429. The summed E-state index contributed by atoms with van der Waals surface area (Å²) in [6, 6.07) is 6.01. The second-order valence-corrected chi connectivity index (χ2v) is 8.81. The van der Waals surface area contributed by atoms with Gasteiger partial charge in [-0.3, -0.25) is 9.59 Å². The van der Waals surface area contributed by atoms with Gasteiger partial charge in [-0.2, -0.15) is 0 Å². The summed E-state index contributed by atoms with van der Waals surface area (Å²) in [7, 11) is 0. The predicted octanol–water partition coefficient (Wildman–Crippen LogP) is 2.21. The minimum Gasteiger partial charge on any atom is -0.454 e. The minimum atomic E-state index is -0.113. The summed E-state index contributed by atoms with van der Waals surface area (Å²) in [5.41, 5.74) is 2.39. The highest BCUT2D eigenvalue weighted by Gasteiger charge is 2.43. The van der Waals surface area contributed by atoms with E-state index in [4.69, 9.17) is 9.47 Å². The van der Waals surface area contributed by atoms with Gasteiger partial charge in [0.2, 0.25) is 6.79 Å². The Labute approximate surface area is 167 Å². The summed E-state index contributed by atoms with van der Waals surface area (Å²) in [5, 5.41) is 5.13. The molecule has 2 aliphatic heterocycles. The van der Waals surface area contributed by atoms with Gasteiger partial charge in [0.05, 0.1) is 12.2 Å². The molecular weight excluding hydrogens is 376 g/mol. The number of ether oxygens (including phenoxy) is 2. The second kappa shape index (κ2) is 6.90. The first-order valence-corrected chi connectivity index (χ1v) is 10.6. The van der Waals surface area contributed by atoms with Crippen LogP contribution in [-0.2, 0) is 11.2 Å². The number of benzene rings is 1. The number of hydrogen-bond donors (Lipinski definition) is 2. The molecule has 2 atom stereocenters. The first-order valence-electron chi connectivity index (χ1n) is 9.75. The van der Waals surface area contributed by atoms with E-state index in [1.165, 1.54) is 35.1 Å². The lowest BCUT2D eigenvalue weighted by atomic mass is 9.96. The molecule has 1 unspecified atom stereocenters. The van der Waals surface area contributed by atoms with Crippen LogP contribution in [0.4, 0.5) is 5.69 Å². The fourth-order valence-corrected chi connectivity index (χ4v) is 5.36. The third kappa shape index (κ3) is 3.18. The van der Waals surface area contributed by atoms with Crippen LogP contribution < -0.4 is 19.7 Å². The number of carbonyl (C=O) groups excluding carboxylic acids is 2. The lowest BCUT2D eigenvalue weighted by molar-refractivity contribution is -0.928. The summed E-state index contributed by atoms with van der Waals surface area (Å²) >= 11 is 1.84. The first kappa shape index (κ1) is 17.7. The predicted molar refractivity (Wildman–Crippen MR) is 105 cm³/mol. The molecule has 28 heavy (non-hydrogen) atoms. The molecule has 5 rings (SSSR count). The fourth-order valence-electron chi connectivity index (χ4n) is 4.43. The Balaban J connectivity index is 1.35. The summed E-state index contributed by atoms with van der Waals surface area (Å²) in [5.74, 6) is 1.61. The molecule has 146 valence electrons. The van der Waals surface area contributed by atoms with Crippen LogP contribution in [0.1, 0.15) is 46.6 Å². The monoisotopic (exact) mass is 399 g/mol. The van der Waals surface area contributed by atoms with E-state index in [9.17, 15) is 9.59 Å². The van der Waals surface area contributed by atoms with E-state index in [0.29, 0.717) is 41.3 Å². The van der Waals surface area contributed by atoms with Crippen LogP contribution in [0, 0.1) is 5.92 Å². The van der Waals surface area contributed by atoms with Crippen molar-refractivity contribution in [3.63, 3.8) is 0 Å². The van der Waals surface area contributed by atoms with Gasteiger partial charge in [-0.05, 0) is 37.3 Å². The van der Waals surface area contributed by atoms with Crippen molar-refractivity contribution in [2.45, 2.75) is 32.2 Å². The summed E-state index contributed by atoms with van der Waals surface area (Å²) < 4.78 is 10.8. The number of ketones is 1. The Bertz CT molecular complexity index is 950. The van der Waals surface area contributed by atoms with Gasteiger partial charge in [-0.15, -0.1) is 11.3 Å². The van der Waals surface area contributed by atoms with Crippen LogP contribution in [0.15, 0.2) is 23.6 Å². The van der Waals surface area contributed by atoms with Crippen molar-refractivity contribution < 1.29 is 24.0 Å². The van der Waals surface area contributed by atoms with E-state index in [2.05, 4.69) is 16.8 Å². The van der Waals surface area contributed by atoms with Gasteiger partial charge in [-0.25, -0.2) is 0 Å². The average Bonchev–Trinajstić information content (AvgIpc) is 3.20. The van der Waals surface area contributed by atoms with Crippen molar-refractivity contribution in [3.8, 4) is 11.5 Å². The molecule has 0 bridgehead atoms. The van der Waals surface area contributed by atoms with Crippen LogP contribution in [0.25, 0.3) is 0 Å². The number of hydrogen-bond acceptors (Lipinski definition) is 5. The number of rotatable bonds is 5. The average molecular weight is 399 g/mol. The number of fused-ring (bicyclic) bond motifs is 2. The molecule has 0 radical (unpaired) electrons. The number of amides is 1. The standard InChI is InChI=1S/C21H22N2O4S/c1-12(24)15-8-17-18(27-11-26-17)9-16(15)22-20(25)10-23-6-4-19-14(5-7-28-19)21(23)13-2-3-13/h5,7-9,13,21H,2-4,6,10-11H2,1H3,(H,22,25)/p+1/t21-/m1/s1. The van der Waals surface area contributed by atoms with E-state index in [1.807, 2.05) is 11.3 Å². The number of carbonyl (C=O) groups is 2. The molecule has 2 N–H and O–H groups in total. The molecule has 6 nitrogen and oxygen atoms in total. The number of anilines is 1. The van der Waals surface area contributed by atoms with Gasteiger partial charge in [0, 0.05) is 34.4 Å². The molecule has 3 heterocycles. The lowest BCUT2D eigenvalue weighted by Gasteiger charge is -2.32. The van der Waals surface area contributed by atoms with Gasteiger partial charge < -0.3 is 19.7 Å². The molecule has 1 saturated carbocycles. The van der Waals surface area contributed by atoms with Gasteiger partial charge in [0.1, 0.15) is 6.04 Å². The summed E-state index contributed by atoms with van der Waals surface area (Å²) in [4.78, 5) is 27.7. The van der Waals surface area contributed by atoms with Crippen LogP contribution in [0.2, 0.25) is 0 Å². The third-order valence-electron chi connectivity index (χ3n) is 5.88. The molecule has 1 aromatic heterocycles. The van der Waals surface area contributed by atoms with Crippen LogP contribution >= 0.6 is 11.3 Å². The highest BCUT2D eigenvalue weighted by Crippen LogP contribution is 2.42. The zero-order valence-electron chi connectivity index (χ0n) is 15.7. The third-order valence-corrected chi connectivity index (χ3v) is 6.87. The first-order chi connectivity index (χ1) is 13.6. The molecular formula is C21H23N2O4S+. The van der Waals surface area contributed by atoms with E-state index >= 15 is 0 Å². The van der Waals surface area contributed by atoms with E-state index in [0.717, 1.165) is 13.0 Å². The van der Waals surface area contributed by atoms with E-state index < -0.39 is 0 Å². The topological polar surface area (TPSA) is 69.1 Å². The van der Waals surface area contributed by atoms with Gasteiger partial charge >= 0.3 is 0 Å². The second-order valence-electron chi connectivity index (χ2n) is 7.80. The van der Waals surface area contributed by atoms with Gasteiger partial charge in [0.25, 0.3) is 5.91 Å². The SMILES string of the molecule is CC(=O)c1cc2c(cc1NC(=O)C[NH+]1CCc3sccc3[C@H]1C1CC1)OCO2.